The third-order valence-electron chi connectivity index (χ3n) is 2.96. The fourth-order valence-electron chi connectivity index (χ4n) is 1.89. The Hall–Kier alpha value is -1.56. The van der Waals surface area contributed by atoms with Crippen molar-refractivity contribution in [1.82, 2.24) is 20.2 Å². The Morgan fingerprint density at radius 2 is 2.14 bits per heavy atom. The van der Waals surface area contributed by atoms with Gasteiger partial charge in [0.1, 0.15) is 0 Å². The molecule has 1 aromatic rings. The van der Waals surface area contributed by atoms with E-state index in [2.05, 4.69) is 32.1 Å². The van der Waals surface area contributed by atoms with Crippen LogP contribution >= 0.6 is 0 Å². The molecule has 0 spiro atoms. The van der Waals surface area contributed by atoms with Crippen LogP contribution < -0.4 is 10.6 Å². The molecule has 21 heavy (non-hydrogen) atoms. The lowest BCUT2D eigenvalue weighted by atomic mass is 10.3. The maximum Gasteiger partial charge on any atom is 0.191 e. The smallest absolute Gasteiger partial charge is 0.191 e. The van der Waals surface area contributed by atoms with Gasteiger partial charge in [-0.2, -0.15) is 0 Å². The van der Waals surface area contributed by atoms with Crippen molar-refractivity contribution in [3.8, 4) is 0 Å². The van der Waals surface area contributed by atoms with Crippen LogP contribution in [0, 0.1) is 0 Å². The molecule has 0 atom stereocenters. The average Bonchev–Trinajstić information content (AvgIpc) is 3.00. The second kappa shape index (κ2) is 12.2. The van der Waals surface area contributed by atoms with E-state index in [0.717, 1.165) is 64.6 Å². The van der Waals surface area contributed by atoms with Crippen LogP contribution in [0.1, 0.15) is 33.1 Å². The molecule has 1 aromatic heterocycles. The number of rotatable bonds is 11. The van der Waals surface area contributed by atoms with E-state index in [9.17, 15) is 0 Å². The van der Waals surface area contributed by atoms with Crippen LogP contribution in [0.3, 0.4) is 0 Å². The standard InChI is InChI=1S/C15H29N5O/c1-3-17-15(18-8-5-6-13-21-4-2)19-9-7-11-20-12-10-16-14-20/h10,12,14H,3-9,11,13H2,1-2H3,(H2,17,18,19). The minimum atomic E-state index is 0.800. The highest BCUT2D eigenvalue weighted by Crippen LogP contribution is 1.92. The maximum atomic E-state index is 5.32. The van der Waals surface area contributed by atoms with Crippen molar-refractivity contribution in [1.29, 1.82) is 0 Å². The summed E-state index contributed by atoms with van der Waals surface area (Å²) in [5, 5.41) is 6.62. The summed E-state index contributed by atoms with van der Waals surface area (Å²) in [4.78, 5) is 8.61. The number of ether oxygens (including phenoxy) is 1. The molecule has 0 unspecified atom stereocenters. The second-order valence-corrected chi connectivity index (χ2v) is 4.75. The molecule has 0 aromatic carbocycles. The molecular weight excluding hydrogens is 266 g/mol. The molecule has 0 aliphatic rings. The summed E-state index contributed by atoms with van der Waals surface area (Å²) in [5.41, 5.74) is 0. The van der Waals surface area contributed by atoms with Gasteiger partial charge in [0.05, 0.1) is 6.33 Å². The first kappa shape index (κ1) is 17.5. The van der Waals surface area contributed by atoms with Gasteiger partial charge in [-0.05, 0) is 33.1 Å². The molecule has 1 rings (SSSR count). The minimum Gasteiger partial charge on any atom is -0.382 e. The van der Waals surface area contributed by atoms with E-state index in [0.29, 0.717) is 0 Å². The fourth-order valence-corrected chi connectivity index (χ4v) is 1.89. The number of hydrogen-bond acceptors (Lipinski definition) is 3. The molecule has 6 heteroatoms. The Kier molecular flexibility index (Phi) is 10.2. The number of guanidine groups is 1. The third kappa shape index (κ3) is 9.07. The van der Waals surface area contributed by atoms with E-state index in [4.69, 9.17) is 4.74 Å². The lowest BCUT2D eigenvalue weighted by Crippen LogP contribution is -2.38. The molecule has 0 saturated heterocycles. The topological polar surface area (TPSA) is 63.5 Å². The molecular formula is C15H29N5O. The van der Waals surface area contributed by atoms with Gasteiger partial charge in [-0.25, -0.2) is 4.98 Å². The van der Waals surface area contributed by atoms with E-state index in [-0.39, 0.29) is 0 Å². The van der Waals surface area contributed by atoms with Crippen LogP contribution in [0.25, 0.3) is 0 Å². The number of hydrogen-bond donors (Lipinski definition) is 2. The quantitative estimate of drug-likeness (QED) is 0.370. The van der Waals surface area contributed by atoms with Gasteiger partial charge in [0.2, 0.25) is 0 Å². The van der Waals surface area contributed by atoms with E-state index >= 15 is 0 Å². The molecule has 6 nitrogen and oxygen atoms in total. The van der Waals surface area contributed by atoms with Crippen LogP contribution in [-0.2, 0) is 11.3 Å². The molecule has 0 fully saturated rings. The Bertz CT molecular complexity index is 364. The number of nitrogens with one attached hydrogen (secondary N) is 2. The number of unbranched alkanes of at least 4 members (excludes halogenated alkanes) is 1. The first-order chi connectivity index (χ1) is 10.4. The van der Waals surface area contributed by atoms with Gasteiger partial charge in [0.15, 0.2) is 5.96 Å². The van der Waals surface area contributed by atoms with Crippen LogP contribution in [0.5, 0.6) is 0 Å². The Morgan fingerprint density at radius 3 is 2.86 bits per heavy atom. The largest absolute Gasteiger partial charge is 0.382 e. The first-order valence-electron chi connectivity index (χ1n) is 7.92. The predicted octanol–water partition coefficient (Wildman–Crippen LogP) is 1.64. The monoisotopic (exact) mass is 295 g/mol. The molecule has 0 amide bonds. The second-order valence-electron chi connectivity index (χ2n) is 4.75. The van der Waals surface area contributed by atoms with E-state index in [1.165, 1.54) is 0 Å². The molecule has 1 heterocycles. The lowest BCUT2D eigenvalue weighted by Gasteiger charge is -2.11. The van der Waals surface area contributed by atoms with Gasteiger partial charge >= 0.3 is 0 Å². The number of aliphatic imine (C=N–C) groups is 1. The zero-order valence-electron chi connectivity index (χ0n) is 13.3. The highest BCUT2D eigenvalue weighted by Gasteiger charge is 1.97. The molecule has 0 radical (unpaired) electrons. The minimum absolute atomic E-state index is 0.800. The van der Waals surface area contributed by atoms with Gasteiger partial charge in [0, 0.05) is 51.8 Å². The maximum absolute atomic E-state index is 5.32. The summed E-state index contributed by atoms with van der Waals surface area (Å²) >= 11 is 0. The Balaban J connectivity index is 2.13. The molecule has 120 valence electrons. The van der Waals surface area contributed by atoms with Crippen LogP contribution in [0.4, 0.5) is 0 Å². The summed E-state index contributed by atoms with van der Waals surface area (Å²) in [6, 6.07) is 0. The van der Waals surface area contributed by atoms with Crippen LogP contribution in [-0.4, -0.2) is 48.4 Å². The molecule has 2 N–H and O–H groups in total. The number of aromatic nitrogens is 2. The Morgan fingerprint density at radius 1 is 1.24 bits per heavy atom. The predicted molar refractivity (Wildman–Crippen MR) is 86.6 cm³/mol. The van der Waals surface area contributed by atoms with Crippen molar-refractivity contribution in [2.24, 2.45) is 4.99 Å². The summed E-state index contributed by atoms with van der Waals surface area (Å²) < 4.78 is 7.39. The van der Waals surface area contributed by atoms with Crippen molar-refractivity contribution < 1.29 is 4.74 Å². The van der Waals surface area contributed by atoms with Crippen molar-refractivity contribution >= 4 is 5.96 Å². The lowest BCUT2D eigenvalue weighted by molar-refractivity contribution is 0.143. The van der Waals surface area contributed by atoms with Crippen molar-refractivity contribution in [2.45, 2.75) is 39.7 Å². The van der Waals surface area contributed by atoms with Crippen LogP contribution in [0.15, 0.2) is 23.7 Å². The van der Waals surface area contributed by atoms with E-state index in [1.54, 1.807) is 6.20 Å². The summed E-state index contributed by atoms with van der Waals surface area (Å²) in [7, 11) is 0. The van der Waals surface area contributed by atoms with Crippen molar-refractivity contribution in [2.75, 3.05) is 32.8 Å². The van der Waals surface area contributed by atoms with Gasteiger partial charge in [-0.3, -0.25) is 4.99 Å². The summed E-state index contributed by atoms with van der Waals surface area (Å²) in [5.74, 6) is 0.902. The van der Waals surface area contributed by atoms with Crippen molar-refractivity contribution in [3.05, 3.63) is 18.7 Å². The zero-order valence-corrected chi connectivity index (χ0v) is 13.3. The van der Waals surface area contributed by atoms with E-state index < -0.39 is 0 Å². The first-order valence-corrected chi connectivity index (χ1v) is 7.92. The zero-order chi connectivity index (χ0) is 15.2. The number of imidazole rings is 1. The average molecular weight is 295 g/mol. The highest BCUT2D eigenvalue weighted by molar-refractivity contribution is 5.79. The van der Waals surface area contributed by atoms with Gasteiger partial charge in [-0.1, -0.05) is 0 Å². The normalized spacial score (nSPS) is 11.6. The molecule has 0 aliphatic carbocycles. The van der Waals surface area contributed by atoms with Gasteiger partial charge in [-0.15, -0.1) is 0 Å². The number of aryl methyl sites for hydroxylation is 1. The molecule has 0 aliphatic heterocycles. The van der Waals surface area contributed by atoms with Gasteiger partial charge < -0.3 is 19.9 Å². The molecule has 0 saturated carbocycles. The fraction of sp³-hybridized carbons (Fsp3) is 0.733. The Labute approximate surface area is 128 Å². The summed E-state index contributed by atoms with van der Waals surface area (Å²) in [6.07, 6.45) is 8.81. The SMILES string of the molecule is CCNC(=NCCCn1ccnc1)NCCCCOCC. The van der Waals surface area contributed by atoms with E-state index in [1.807, 2.05) is 19.4 Å². The number of nitrogens with zero attached hydrogens (tertiary/aromatic N) is 3. The molecule has 0 bridgehead atoms. The van der Waals surface area contributed by atoms with Crippen molar-refractivity contribution in [3.63, 3.8) is 0 Å². The van der Waals surface area contributed by atoms with Gasteiger partial charge in [0.25, 0.3) is 0 Å². The van der Waals surface area contributed by atoms with Crippen LogP contribution in [0.2, 0.25) is 0 Å². The third-order valence-corrected chi connectivity index (χ3v) is 2.96. The highest BCUT2D eigenvalue weighted by atomic mass is 16.5. The summed E-state index contributed by atoms with van der Waals surface area (Å²) in [6.45, 7) is 9.33.